The normalized spacial score (nSPS) is 37.8. The molecular weight excluding hydrogens is 216 g/mol. The van der Waals surface area contributed by atoms with E-state index in [4.69, 9.17) is 9.47 Å². The van der Waals surface area contributed by atoms with Crippen molar-refractivity contribution < 1.29 is 9.47 Å². The van der Waals surface area contributed by atoms with Crippen molar-refractivity contribution >= 4 is 0 Å². The molecule has 4 heteroatoms. The van der Waals surface area contributed by atoms with E-state index in [1.807, 2.05) is 7.11 Å². The molecule has 0 amide bonds. The summed E-state index contributed by atoms with van der Waals surface area (Å²) < 4.78 is 11.2. The first kappa shape index (κ1) is 13.3. The SMILES string of the molecule is COC1CC(NCC2CN(C)CCO2)C1(C)C. The molecule has 1 saturated heterocycles. The number of nitrogens with one attached hydrogen (secondary N) is 1. The maximum absolute atomic E-state index is 5.75. The van der Waals surface area contributed by atoms with Gasteiger partial charge in [-0.2, -0.15) is 0 Å². The van der Waals surface area contributed by atoms with E-state index in [2.05, 4.69) is 31.1 Å². The Morgan fingerprint density at radius 1 is 1.47 bits per heavy atom. The van der Waals surface area contributed by atoms with Crippen LogP contribution in [0.25, 0.3) is 0 Å². The highest BCUT2D eigenvalue weighted by Gasteiger charge is 2.48. The van der Waals surface area contributed by atoms with E-state index in [0.717, 1.165) is 32.7 Å². The average molecular weight is 242 g/mol. The smallest absolute Gasteiger partial charge is 0.0826 e. The molecule has 4 nitrogen and oxygen atoms in total. The Morgan fingerprint density at radius 2 is 2.24 bits per heavy atom. The Balaban J connectivity index is 1.72. The topological polar surface area (TPSA) is 33.7 Å². The van der Waals surface area contributed by atoms with Crippen molar-refractivity contribution in [3.63, 3.8) is 0 Å². The molecule has 1 saturated carbocycles. The lowest BCUT2D eigenvalue weighted by Gasteiger charge is -2.52. The number of hydrogen-bond acceptors (Lipinski definition) is 4. The van der Waals surface area contributed by atoms with Crippen molar-refractivity contribution in [3.8, 4) is 0 Å². The summed E-state index contributed by atoms with van der Waals surface area (Å²) >= 11 is 0. The fraction of sp³-hybridized carbons (Fsp3) is 1.00. The summed E-state index contributed by atoms with van der Waals surface area (Å²) in [4.78, 5) is 2.33. The summed E-state index contributed by atoms with van der Waals surface area (Å²) in [5.74, 6) is 0. The van der Waals surface area contributed by atoms with Gasteiger partial charge in [0.05, 0.1) is 18.8 Å². The summed E-state index contributed by atoms with van der Waals surface area (Å²) in [6, 6.07) is 0.559. The number of methoxy groups -OCH3 is 1. The second-order valence-corrected chi connectivity index (χ2v) is 6.00. The van der Waals surface area contributed by atoms with Gasteiger partial charge in [0, 0.05) is 38.2 Å². The highest BCUT2D eigenvalue weighted by molar-refractivity contribution is 5.02. The van der Waals surface area contributed by atoms with Crippen LogP contribution >= 0.6 is 0 Å². The predicted octanol–water partition coefficient (Wildman–Crippen LogP) is 0.720. The van der Waals surface area contributed by atoms with Gasteiger partial charge in [-0.25, -0.2) is 0 Å². The molecule has 3 atom stereocenters. The maximum Gasteiger partial charge on any atom is 0.0826 e. The molecule has 0 spiro atoms. The Bertz CT molecular complexity index is 258. The lowest BCUT2D eigenvalue weighted by atomic mass is 9.64. The quantitative estimate of drug-likeness (QED) is 0.787. The van der Waals surface area contributed by atoms with Crippen LogP contribution in [0.5, 0.6) is 0 Å². The van der Waals surface area contributed by atoms with Crippen LogP contribution in [-0.4, -0.2) is 63.5 Å². The third-order valence-electron chi connectivity index (χ3n) is 4.40. The molecule has 100 valence electrons. The molecule has 1 aliphatic carbocycles. The molecule has 0 aromatic heterocycles. The molecular formula is C13H26N2O2. The van der Waals surface area contributed by atoms with Gasteiger partial charge in [-0.1, -0.05) is 13.8 Å². The lowest BCUT2D eigenvalue weighted by Crippen LogP contribution is -2.62. The minimum absolute atomic E-state index is 0.245. The Kier molecular flexibility index (Phi) is 4.08. The van der Waals surface area contributed by atoms with Gasteiger partial charge in [0.1, 0.15) is 0 Å². The van der Waals surface area contributed by atoms with Gasteiger partial charge in [0.15, 0.2) is 0 Å². The van der Waals surface area contributed by atoms with Crippen molar-refractivity contribution in [1.29, 1.82) is 0 Å². The zero-order valence-electron chi connectivity index (χ0n) is 11.5. The van der Waals surface area contributed by atoms with Crippen molar-refractivity contribution in [2.24, 2.45) is 5.41 Å². The summed E-state index contributed by atoms with van der Waals surface area (Å²) in [6.45, 7) is 8.45. The molecule has 1 N–H and O–H groups in total. The molecule has 0 aromatic carbocycles. The van der Waals surface area contributed by atoms with Gasteiger partial charge < -0.3 is 19.7 Å². The first-order chi connectivity index (χ1) is 8.04. The van der Waals surface area contributed by atoms with E-state index in [-0.39, 0.29) is 5.41 Å². The Labute approximate surface area is 105 Å². The first-order valence-electron chi connectivity index (χ1n) is 6.60. The van der Waals surface area contributed by atoms with E-state index in [9.17, 15) is 0 Å². The molecule has 0 radical (unpaired) electrons. The van der Waals surface area contributed by atoms with Gasteiger partial charge in [-0.05, 0) is 13.5 Å². The molecule has 1 aliphatic heterocycles. The van der Waals surface area contributed by atoms with Gasteiger partial charge in [-0.15, -0.1) is 0 Å². The minimum Gasteiger partial charge on any atom is -0.381 e. The van der Waals surface area contributed by atoms with Crippen LogP contribution in [0.2, 0.25) is 0 Å². The average Bonchev–Trinajstić information content (AvgIpc) is 2.28. The third-order valence-corrected chi connectivity index (χ3v) is 4.40. The number of likely N-dealkylation sites (N-methyl/N-ethyl adjacent to an activating group) is 1. The number of nitrogens with zero attached hydrogens (tertiary/aromatic N) is 1. The van der Waals surface area contributed by atoms with Gasteiger partial charge in [0.25, 0.3) is 0 Å². The zero-order chi connectivity index (χ0) is 12.5. The van der Waals surface area contributed by atoms with Crippen molar-refractivity contribution in [3.05, 3.63) is 0 Å². The van der Waals surface area contributed by atoms with Crippen LogP contribution < -0.4 is 5.32 Å². The minimum atomic E-state index is 0.245. The fourth-order valence-electron chi connectivity index (χ4n) is 2.90. The van der Waals surface area contributed by atoms with Crippen LogP contribution in [0.3, 0.4) is 0 Å². The summed E-state index contributed by atoms with van der Waals surface area (Å²) in [5, 5.41) is 3.63. The van der Waals surface area contributed by atoms with E-state index in [1.165, 1.54) is 0 Å². The number of morpholine rings is 1. The van der Waals surface area contributed by atoms with Crippen LogP contribution in [0.1, 0.15) is 20.3 Å². The van der Waals surface area contributed by atoms with Crippen molar-refractivity contribution in [1.82, 2.24) is 10.2 Å². The van der Waals surface area contributed by atoms with Gasteiger partial charge in [-0.3, -0.25) is 0 Å². The second kappa shape index (κ2) is 5.22. The number of rotatable bonds is 4. The zero-order valence-corrected chi connectivity index (χ0v) is 11.5. The third kappa shape index (κ3) is 2.81. The van der Waals surface area contributed by atoms with Crippen molar-refractivity contribution in [2.45, 2.75) is 38.5 Å². The van der Waals surface area contributed by atoms with Crippen molar-refractivity contribution in [2.75, 3.05) is 40.4 Å². The van der Waals surface area contributed by atoms with Gasteiger partial charge >= 0.3 is 0 Å². The Morgan fingerprint density at radius 3 is 2.82 bits per heavy atom. The highest BCUT2D eigenvalue weighted by Crippen LogP contribution is 2.42. The van der Waals surface area contributed by atoms with Crippen LogP contribution in [-0.2, 0) is 9.47 Å². The molecule has 2 aliphatic rings. The molecule has 3 unspecified atom stereocenters. The van der Waals surface area contributed by atoms with Crippen LogP contribution in [0.4, 0.5) is 0 Å². The fourth-order valence-corrected chi connectivity index (χ4v) is 2.90. The van der Waals surface area contributed by atoms with Crippen LogP contribution in [0, 0.1) is 5.41 Å². The summed E-state index contributed by atoms with van der Waals surface area (Å²) in [6.07, 6.45) is 1.85. The largest absolute Gasteiger partial charge is 0.381 e. The number of ether oxygens (including phenoxy) is 2. The molecule has 0 bridgehead atoms. The van der Waals surface area contributed by atoms with E-state index in [1.54, 1.807) is 0 Å². The van der Waals surface area contributed by atoms with E-state index >= 15 is 0 Å². The monoisotopic (exact) mass is 242 g/mol. The summed E-state index contributed by atoms with van der Waals surface area (Å²) in [7, 11) is 3.96. The standard InChI is InChI=1S/C13H26N2O2/c1-13(2)11(7-12(13)16-4)14-8-10-9-15(3)5-6-17-10/h10-12,14H,5-9H2,1-4H3. The molecule has 2 rings (SSSR count). The molecule has 2 fully saturated rings. The number of hydrogen-bond donors (Lipinski definition) is 1. The maximum atomic E-state index is 5.75. The van der Waals surface area contributed by atoms with E-state index < -0.39 is 0 Å². The van der Waals surface area contributed by atoms with Crippen LogP contribution in [0.15, 0.2) is 0 Å². The predicted molar refractivity (Wildman–Crippen MR) is 68.2 cm³/mol. The summed E-state index contributed by atoms with van der Waals surface area (Å²) in [5.41, 5.74) is 0.245. The lowest BCUT2D eigenvalue weighted by molar-refractivity contribution is -0.103. The Hall–Kier alpha value is -0.160. The van der Waals surface area contributed by atoms with Gasteiger partial charge in [0.2, 0.25) is 0 Å². The molecule has 0 aromatic rings. The second-order valence-electron chi connectivity index (χ2n) is 6.00. The molecule has 1 heterocycles. The van der Waals surface area contributed by atoms with E-state index in [0.29, 0.717) is 18.2 Å². The first-order valence-corrected chi connectivity index (χ1v) is 6.60. The molecule has 17 heavy (non-hydrogen) atoms. The highest BCUT2D eigenvalue weighted by atomic mass is 16.5.